The number of nitrogens with zero attached hydrogens (tertiary/aromatic N) is 2. The van der Waals surface area contributed by atoms with E-state index in [0.717, 1.165) is 43.7 Å². The highest BCUT2D eigenvalue weighted by molar-refractivity contribution is 5.74. The van der Waals surface area contributed by atoms with E-state index in [2.05, 4.69) is 33.7 Å². The van der Waals surface area contributed by atoms with Crippen LogP contribution >= 0.6 is 0 Å². The monoisotopic (exact) mass is 428 g/mol. The van der Waals surface area contributed by atoms with Gasteiger partial charge in [-0.15, -0.1) is 13.2 Å². The number of rotatable bonds is 5. The molecular weight excluding hydrogens is 389 g/mol. The molecule has 1 heterocycles. The Balaban J connectivity index is 0.00000198. The van der Waals surface area contributed by atoms with Crippen molar-refractivity contribution < 1.29 is 17.9 Å². The van der Waals surface area contributed by atoms with E-state index in [4.69, 9.17) is 0 Å². The number of hydrogen-bond acceptors (Lipinski definition) is 3. The van der Waals surface area contributed by atoms with E-state index < -0.39 is 12.5 Å². The average Bonchev–Trinajstić information content (AvgIpc) is 2.95. The molecule has 1 aliphatic heterocycles. The van der Waals surface area contributed by atoms with Gasteiger partial charge in [0.05, 0.1) is 6.10 Å². The van der Waals surface area contributed by atoms with Crippen molar-refractivity contribution in [1.82, 2.24) is 4.90 Å². The van der Waals surface area contributed by atoms with Gasteiger partial charge in [0.1, 0.15) is 0 Å². The number of ether oxygens (including phenoxy) is 1. The Hall–Kier alpha value is -1.79. The van der Waals surface area contributed by atoms with Crippen molar-refractivity contribution in [2.75, 3.05) is 38.1 Å². The fourth-order valence-corrected chi connectivity index (χ4v) is 3.02. The SMILES string of the molecule is C/C=C(\C=C/C(C)OC(F)(F)F)c1ccc(N2CCCN(C)CC2)cc1.CC.CC. The predicted molar refractivity (Wildman–Crippen MR) is 123 cm³/mol. The molecule has 0 N–H and O–H groups in total. The lowest BCUT2D eigenvalue weighted by molar-refractivity contribution is -0.334. The first-order valence-electron chi connectivity index (χ1n) is 10.9. The van der Waals surface area contributed by atoms with E-state index in [9.17, 15) is 13.2 Å². The summed E-state index contributed by atoms with van der Waals surface area (Å²) in [7, 11) is 2.14. The highest BCUT2D eigenvalue weighted by atomic mass is 19.4. The summed E-state index contributed by atoms with van der Waals surface area (Å²) in [5, 5.41) is 0. The molecule has 0 radical (unpaired) electrons. The summed E-state index contributed by atoms with van der Waals surface area (Å²) in [6, 6.07) is 8.18. The summed E-state index contributed by atoms with van der Waals surface area (Å²) < 4.78 is 40.7. The number of halogens is 3. The third-order valence-corrected chi connectivity index (χ3v) is 4.46. The van der Waals surface area contributed by atoms with Crippen LogP contribution < -0.4 is 4.90 Å². The molecule has 2 rings (SSSR count). The van der Waals surface area contributed by atoms with E-state index in [1.807, 2.05) is 52.8 Å². The zero-order valence-electron chi connectivity index (χ0n) is 19.6. The standard InChI is InChI=1S/C20H27F3N2O.2C2H6/c1-4-17(7-6-16(2)26-20(21,22)23)18-8-10-19(11-9-18)25-13-5-12-24(3)14-15-25;2*1-2/h4,6-11,16H,5,12-15H2,1-3H3;2*1-2H3/b7-6-,17-4+;;. The van der Waals surface area contributed by atoms with Crippen LogP contribution in [-0.2, 0) is 4.74 Å². The summed E-state index contributed by atoms with van der Waals surface area (Å²) in [6.45, 7) is 15.4. The Labute approximate surface area is 181 Å². The second-order valence-electron chi connectivity index (χ2n) is 6.56. The number of likely N-dealkylation sites (N-methyl/N-ethyl adjacent to an activating group) is 1. The quantitative estimate of drug-likeness (QED) is 0.482. The minimum atomic E-state index is -4.62. The van der Waals surface area contributed by atoms with Gasteiger partial charge in [-0.25, -0.2) is 0 Å². The van der Waals surface area contributed by atoms with Gasteiger partial charge in [0, 0.05) is 25.3 Å². The highest BCUT2D eigenvalue weighted by Gasteiger charge is 2.31. The van der Waals surface area contributed by atoms with Gasteiger partial charge in [-0.1, -0.05) is 58.1 Å². The van der Waals surface area contributed by atoms with Gasteiger partial charge in [-0.2, -0.15) is 0 Å². The Morgan fingerprint density at radius 2 is 1.60 bits per heavy atom. The topological polar surface area (TPSA) is 15.7 Å². The first kappa shape index (κ1) is 28.2. The Kier molecular flexibility index (Phi) is 14.2. The summed E-state index contributed by atoms with van der Waals surface area (Å²) in [4.78, 5) is 4.71. The first-order chi connectivity index (χ1) is 14.3. The zero-order valence-corrected chi connectivity index (χ0v) is 19.6. The fourth-order valence-electron chi connectivity index (χ4n) is 3.02. The molecule has 30 heavy (non-hydrogen) atoms. The smallest absolute Gasteiger partial charge is 0.370 e. The molecule has 1 saturated heterocycles. The molecule has 0 bridgehead atoms. The summed E-state index contributed by atoms with van der Waals surface area (Å²) in [5.74, 6) is 0. The maximum Gasteiger partial charge on any atom is 0.523 e. The third kappa shape index (κ3) is 10.8. The summed E-state index contributed by atoms with van der Waals surface area (Å²) in [6.07, 6.45) is 0.458. The van der Waals surface area contributed by atoms with Gasteiger partial charge in [-0.05, 0) is 57.1 Å². The molecule has 0 saturated carbocycles. The minimum Gasteiger partial charge on any atom is -0.370 e. The largest absolute Gasteiger partial charge is 0.523 e. The summed E-state index contributed by atoms with van der Waals surface area (Å²) >= 11 is 0. The van der Waals surface area contributed by atoms with E-state index >= 15 is 0 Å². The highest BCUT2D eigenvalue weighted by Crippen LogP contribution is 2.23. The van der Waals surface area contributed by atoms with Gasteiger partial charge in [0.2, 0.25) is 0 Å². The lowest BCUT2D eigenvalue weighted by Gasteiger charge is -2.23. The van der Waals surface area contributed by atoms with E-state index in [0.29, 0.717) is 0 Å². The van der Waals surface area contributed by atoms with Crippen LogP contribution in [0.5, 0.6) is 0 Å². The van der Waals surface area contributed by atoms with Crippen LogP contribution in [-0.4, -0.2) is 50.6 Å². The molecule has 1 aromatic rings. The molecular formula is C24H39F3N2O. The molecule has 0 aliphatic carbocycles. The molecule has 0 spiro atoms. The van der Waals surface area contributed by atoms with Crippen LogP contribution in [0, 0.1) is 0 Å². The normalized spacial score (nSPS) is 16.9. The van der Waals surface area contributed by atoms with Crippen molar-refractivity contribution in [1.29, 1.82) is 0 Å². The van der Waals surface area contributed by atoms with Gasteiger partial charge in [0.15, 0.2) is 0 Å². The molecule has 172 valence electrons. The van der Waals surface area contributed by atoms with E-state index in [-0.39, 0.29) is 0 Å². The third-order valence-electron chi connectivity index (χ3n) is 4.46. The van der Waals surface area contributed by atoms with Crippen molar-refractivity contribution >= 4 is 11.3 Å². The molecule has 1 fully saturated rings. The number of benzene rings is 1. The fraction of sp³-hybridized carbons (Fsp3) is 0.583. The van der Waals surface area contributed by atoms with Gasteiger partial charge < -0.3 is 9.80 Å². The van der Waals surface area contributed by atoms with Crippen molar-refractivity contribution in [3.63, 3.8) is 0 Å². The van der Waals surface area contributed by atoms with Crippen LogP contribution in [0.4, 0.5) is 18.9 Å². The molecule has 1 unspecified atom stereocenters. The van der Waals surface area contributed by atoms with Crippen LogP contribution in [0.15, 0.2) is 42.5 Å². The molecule has 1 aliphatic rings. The van der Waals surface area contributed by atoms with Gasteiger partial charge >= 0.3 is 6.36 Å². The molecule has 3 nitrogen and oxygen atoms in total. The van der Waals surface area contributed by atoms with Crippen LogP contribution in [0.3, 0.4) is 0 Å². The average molecular weight is 429 g/mol. The van der Waals surface area contributed by atoms with Crippen molar-refractivity contribution in [2.24, 2.45) is 0 Å². The molecule has 6 heteroatoms. The number of allylic oxidation sites excluding steroid dienone is 3. The number of anilines is 1. The van der Waals surface area contributed by atoms with E-state index in [1.165, 1.54) is 18.7 Å². The van der Waals surface area contributed by atoms with Crippen LogP contribution in [0.2, 0.25) is 0 Å². The Morgan fingerprint density at radius 1 is 1.00 bits per heavy atom. The van der Waals surface area contributed by atoms with Crippen LogP contribution in [0.25, 0.3) is 5.57 Å². The molecule has 1 atom stereocenters. The van der Waals surface area contributed by atoms with Gasteiger partial charge in [0.25, 0.3) is 0 Å². The van der Waals surface area contributed by atoms with Crippen molar-refractivity contribution in [3.05, 3.63) is 48.1 Å². The Morgan fingerprint density at radius 3 is 2.13 bits per heavy atom. The molecule has 1 aromatic carbocycles. The van der Waals surface area contributed by atoms with E-state index in [1.54, 1.807) is 6.08 Å². The van der Waals surface area contributed by atoms with Crippen molar-refractivity contribution in [2.45, 2.75) is 60.4 Å². The zero-order chi connectivity index (χ0) is 23.2. The first-order valence-corrected chi connectivity index (χ1v) is 10.9. The number of hydrogen-bond donors (Lipinski definition) is 0. The second-order valence-corrected chi connectivity index (χ2v) is 6.56. The maximum absolute atomic E-state index is 12.2. The van der Waals surface area contributed by atoms with Crippen molar-refractivity contribution in [3.8, 4) is 0 Å². The minimum absolute atomic E-state index is 0.866. The van der Waals surface area contributed by atoms with Crippen LogP contribution in [0.1, 0.15) is 53.5 Å². The second kappa shape index (κ2) is 15.1. The maximum atomic E-state index is 12.2. The summed E-state index contributed by atoms with van der Waals surface area (Å²) in [5.41, 5.74) is 3.01. The number of alkyl halides is 3. The van der Waals surface area contributed by atoms with Gasteiger partial charge in [-0.3, -0.25) is 4.74 Å². The lowest BCUT2D eigenvalue weighted by Crippen LogP contribution is -2.28. The molecule has 0 amide bonds. The lowest BCUT2D eigenvalue weighted by atomic mass is 10.0. The molecule has 0 aromatic heterocycles. The predicted octanol–water partition coefficient (Wildman–Crippen LogP) is 6.77. The Bertz CT molecular complexity index is 624.